The molecule has 2 N–H and O–H groups in total. The lowest BCUT2D eigenvalue weighted by Crippen LogP contribution is -2.38. The second-order valence-electron chi connectivity index (χ2n) is 5.15. The Bertz CT molecular complexity index is 335. The Labute approximate surface area is 116 Å². The van der Waals surface area contributed by atoms with Crippen LogP contribution in [0.3, 0.4) is 0 Å². The normalized spacial score (nSPS) is 15.0. The molecule has 1 aromatic rings. The maximum Gasteiger partial charge on any atom is 0.0590 e. The summed E-state index contributed by atoms with van der Waals surface area (Å²) in [7, 11) is 2.21. The van der Waals surface area contributed by atoms with E-state index in [1.54, 1.807) is 0 Å². The first-order chi connectivity index (χ1) is 8.60. The molecule has 1 aromatic heterocycles. The Hall–Kier alpha value is -0.380. The fourth-order valence-electron chi connectivity index (χ4n) is 2.34. The molecule has 104 valence electrons. The van der Waals surface area contributed by atoms with Crippen molar-refractivity contribution in [3.63, 3.8) is 0 Å². The Balaban J connectivity index is 2.72. The summed E-state index contributed by atoms with van der Waals surface area (Å²) in [6, 6.07) is 5.06. The minimum absolute atomic E-state index is 0.231. The van der Waals surface area contributed by atoms with Gasteiger partial charge in [-0.2, -0.15) is 0 Å². The summed E-state index contributed by atoms with van der Waals surface area (Å²) in [5, 5.41) is 0. The summed E-state index contributed by atoms with van der Waals surface area (Å²) < 4.78 is 0. The molecule has 0 radical (unpaired) electrons. The molecule has 2 atom stereocenters. The van der Waals surface area contributed by atoms with E-state index in [0.29, 0.717) is 6.04 Å². The maximum absolute atomic E-state index is 6.33. The molecule has 0 saturated carbocycles. The lowest BCUT2D eigenvalue weighted by atomic mass is 10.0. The van der Waals surface area contributed by atoms with Crippen LogP contribution in [0.25, 0.3) is 0 Å². The van der Waals surface area contributed by atoms with Crippen LogP contribution in [-0.4, -0.2) is 24.5 Å². The molecule has 2 nitrogen and oxygen atoms in total. The number of hydrogen-bond donors (Lipinski definition) is 1. The number of thiophene rings is 1. The number of likely N-dealkylation sites (N-methyl/N-ethyl adjacent to an activating group) is 1. The third-order valence-electron chi connectivity index (χ3n) is 3.52. The van der Waals surface area contributed by atoms with Crippen LogP contribution in [0.15, 0.2) is 12.1 Å². The second-order valence-corrected chi connectivity index (χ2v) is 6.47. The van der Waals surface area contributed by atoms with Gasteiger partial charge in [-0.05, 0) is 45.5 Å². The van der Waals surface area contributed by atoms with Gasteiger partial charge in [0.1, 0.15) is 0 Å². The van der Waals surface area contributed by atoms with E-state index in [9.17, 15) is 0 Å². The highest BCUT2D eigenvalue weighted by molar-refractivity contribution is 7.12. The largest absolute Gasteiger partial charge is 0.326 e. The molecule has 1 rings (SSSR count). The van der Waals surface area contributed by atoms with Crippen molar-refractivity contribution < 1.29 is 0 Å². The van der Waals surface area contributed by atoms with Crippen LogP contribution in [0.4, 0.5) is 0 Å². The molecular weight excluding hydrogens is 240 g/mol. The van der Waals surface area contributed by atoms with Gasteiger partial charge in [0.05, 0.1) is 6.04 Å². The van der Waals surface area contributed by atoms with E-state index in [1.165, 1.54) is 29.0 Å². The number of nitrogens with two attached hydrogens (primary N) is 1. The number of nitrogens with zero attached hydrogens (tertiary/aromatic N) is 1. The maximum atomic E-state index is 6.33. The molecule has 2 unspecified atom stereocenters. The lowest BCUT2D eigenvalue weighted by Gasteiger charge is -2.31. The van der Waals surface area contributed by atoms with Crippen molar-refractivity contribution in [3.05, 3.63) is 21.9 Å². The molecule has 3 heteroatoms. The fourth-order valence-corrected chi connectivity index (χ4v) is 3.46. The predicted octanol–water partition coefficient (Wildman–Crippen LogP) is 3.96. The van der Waals surface area contributed by atoms with Gasteiger partial charge in [-0.3, -0.25) is 4.90 Å². The predicted molar refractivity (Wildman–Crippen MR) is 82.2 cm³/mol. The SMILES string of the molecule is CCCCCN(C)C(c1ccc(C)s1)C(N)CC. The monoisotopic (exact) mass is 268 g/mol. The van der Waals surface area contributed by atoms with Crippen LogP contribution in [0, 0.1) is 6.92 Å². The molecule has 0 amide bonds. The second kappa shape index (κ2) is 7.93. The van der Waals surface area contributed by atoms with Crippen molar-refractivity contribution in [2.24, 2.45) is 5.73 Å². The average molecular weight is 268 g/mol. The van der Waals surface area contributed by atoms with Crippen molar-refractivity contribution in [3.8, 4) is 0 Å². The Morgan fingerprint density at radius 1 is 1.28 bits per heavy atom. The van der Waals surface area contributed by atoms with Crippen LogP contribution in [0.5, 0.6) is 0 Å². The summed E-state index contributed by atoms with van der Waals surface area (Å²) in [4.78, 5) is 5.23. The lowest BCUT2D eigenvalue weighted by molar-refractivity contribution is 0.209. The Kier molecular flexibility index (Phi) is 6.90. The van der Waals surface area contributed by atoms with E-state index >= 15 is 0 Å². The van der Waals surface area contributed by atoms with Crippen molar-refractivity contribution >= 4 is 11.3 Å². The third kappa shape index (κ3) is 4.38. The molecule has 1 heterocycles. The van der Waals surface area contributed by atoms with Crippen LogP contribution < -0.4 is 5.73 Å². The highest BCUT2D eigenvalue weighted by atomic mass is 32.1. The van der Waals surface area contributed by atoms with Gasteiger partial charge in [0, 0.05) is 15.8 Å². The standard InChI is InChI=1S/C15H28N2S/c1-5-7-8-11-17(4)15(13(16)6-2)14-10-9-12(3)18-14/h9-10,13,15H,5-8,11,16H2,1-4H3. The van der Waals surface area contributed by atoms with Gasteiger partial charge in [-0.1, -0.05) is 26.7 Å². The molecule has 0 bridgehead atoms. The minimum Gasteiger partial charge on any atom is -0.326 e. The first-order valence-electron chi connectivity index (χ1n) is 7.12. The van der Waals surface area contributed by atoms with E-state index in [0.717, 1.165) is 13.0 Å². The molecule has 0 aliphatic heterocycles. The topological polar surface area (TPSA) is 29.3 Å². The molecular formula is C15H28N2S. The fraction of sp³-hybridized carbons (Fsp3) is 0.733. The van der Waals surface area contributed by atoms with Gasteiger partial charge in [-0.25, -0.2) is 0 Å². The van der Waals surface area contributed by atoms with Gasteiger partial charge < -0.3 is 5.73 Å². The van der Waals surface area contributed by atoms with Crippen LogP contribution in [0.1, 0.15) is 55.3 Å². The number of rotatable bonds is 8. The van der Waals surface area contributed by atoms with E-state index in [4.69, 9.17) is 5.73 Å². The van der Waals surface area contributed by atoms with E-state index in [1.807, 2.05) is 11.3 Å². The summed E-state index contributed by atoms with van der Waals surface area (Å²) in [5.74, 6) is 0. The quantitative estimate of drug-likeness (QED) is 0.723. The smallest absolute Gasteiger partial charge is 0.0590 e. The molecule has 0 fully saturated rings. The van der Waals surface area contributed by atoms with E-state index in [-0.39, 0.29) is 6.04 Å². The van der Waals surface area contributed by atoms with E-state index < -0.39 is 0 Å². The highest BCUT2D eigenvalue weighted by Crippen LogP contribution is 2.30. The van der Waals surface area contributed by atoms with Crippen molar-refractivity contribution in [1.82, 2.24) is 4.90 Å². The number of hydrogen-bond acceptors (Lipinski definition) is 3. The Morgan fingerprint density at radius 3 is 2.50 bits per heavy atom. The van der Waals surface area contributed by atoms with Crippen LogP contribution in [0.2, 0.25) is 0 Å². The van der Waals surface area contributed by atoms with Crippen molar-refractivity contribution in [2.75, 3.05) is 13.6 Å². The zero-order chi connectivity index (χ0) is 13.5. The summed E-state index contributed by atoms with van der Waals surface area (Å²) >= 11 is 1.89. The van der Waals surface area contributed by atoms with E-state index in [2.05, 4.69) is 44.9 Å². The molecule has 0 spiro atoms. The molecule has 0 saturated heterocycles. The van der Waals surface area contributed by atoms with Crippen LogP contribution >= 0.6 is 11.3 Å². The molecule has 0 aliphatic rings. The van der Waals surface area contributed by atoms with Crippen molar-refractivity contribution in [2.45, 2.75) is 58.5 Å². The molecule has 18 heavy (non-hydrogen) atoms. The van der Waals surface area contributed by atoms with Gasteiger partial charge >= 0.3 is 0 Å². The highest BCUT2D eigenvalue weighted by Gasteiger charge is 2.23. The van der Waals surface area contributed by atoms with Crippen LogP contribution in [-0.2, 0) is 0 Å². The summed E-state index contributed by atoms with van der Waals surface area (Å²) in [6.45, 7) is 7.73. The molecule has 0 aromatic carbocycles. The minimum atomic E-state index is 0.231. The third-order valence-corrected chi connectivity index (χ3v) is 4.59. The van der Waals surface area contributed by atoms with Gasteiger partial charge in [0.15, 0.2) is 0 Å². The Morgan fingerprint density at radius 2 is 2.00 bits per heavy atom. The van der Waals surface area contributed by atoms with Crippen molar-refractivity contribution in [1.29, 1.82) is 0 Å². The first-order valence-corrected chi connectivity index (χ1v) is 7.93. The summed E-state index contributed by atoms with van der Waals surface area (Å²) in [6.07, 6.45) is 4.88. The molecule has 0 aliphatic carbocycles. The average Bonchev–Trinajstić information content (AvgIpc) is 2.76. The van der Waals surface area contributed by atoms with Gasteiger partial charge in [-0.15, -0.1) is 11.3 Å². The zero-order valence-electron chi connectivity index (χ0n) is 12.3. The van der Waals surface area contributed by atoms with Gasteiger partial charge in [0.25, 0.3) is 0 Å². The zero-order valence-corrected chi connectivity index (χ0v) is 13.1. The van der Waals surface area contributed by atoms with Gasteiger partial charge in [0.2, 0.25) is 0 Å². The number of unbranched alkanes of at least 4 members (excludes halogenated alkanes) is 2. The summed E-state index contributed by atoms with van der Waals surface area (Å²) in [5.41, 5.74) is 6.33. The first kappa shape index (κ1) is 15.7. The number of aryl methyl sites for hydroxylation is 1.